The average molecular weight is 352 g/mol. The smallest absolute Gasteiger partial charge is 0.205 e. The molecule has 0 spiro atoms. The number of hydrogen-bond acceptors (Lipinski definition) is 6. The number of benzene rings is 2. The van der Waals surface area contributed by atoms with Crippen LogP contribution in [0.4, 0.5) is 0 Å². The molecule has 3 heterocycles. The van der Waals surface area contributed by atoms with E-state index < -0.39 is 0 Å². The average Bonchev–Trinajstić information content (AvgIpc) is 2.93. The molecule has 0 atom stereocenters. The molecule has 132 valence electrons. The maximum atomic E-state index is 13.0. The van der Waals surface area contributed by atoms with Gasteiger partial charge in [-0.15, -0.1) is 0 Å². The van der Waals surface area contributed by atoms with Crippen LogP contribution in [0.25, 0.3) is 22.1 Å². The second-order valence-electron chi connectivity index (χ2n) is 6.16. The van der Waals surface area contributed by atoms with Crippen molar-refractivity contribution in [3.63, 3.8) is 0 Å². The monoisotopic (exact) mass is 352 g/mol. The molecule has 0 unspecified atom stereocenters. The minimum atomic E-state index is -0.127. The predicted molar refractivity (Wildman–Crippen MR) is 94.5 cm³/mol. The number of fused-ring (bicyclic) bond motifs is 4. The predicted octanol–water partition coefficient (Wildman–Crippen LogP) is 3.39. The molecule has 1 aromatic heterocycles. The maximum absolute atomic E-state index is 13.0. The van der Waals surface area contributed by atoms with E-state index in [0.717, 1.165) is 12.0 Å². The van der Waals surface area contributed by atoms with Gasteiger partial charge in [-0.1, -0.05) is 6.07 Å². The van der Waals surface area contributed by atoms with Gasteiger partial charge in [0, 0.05) is 6.42 Å². The first-order valence-corrected chi connectivity index (χ1v) is 8.55. The summed E-state index contributed by atoms with van der Waals surface area (Å²) in [6.45, 7) is 2.13. The topological polar surface area (TPSA) is 67.1 Å². The molecular weight excluding hydrogens is 336 g/mol. The van der Waals surface area contributed by atoms with E-state index in [1.807, 2.05) is 18.2 Å². The largest absolute Gasteiger partial charge is 0.490 e. The maximum Gasteiger partial charge on any atom is 0.205 e. The molecule has 2 aromatic carbocycles. The van der Waals surface area contributed by atoms with Crippen LogP contribution in [0.5, 0.6) is 23.0 Å². The summed E-state index contributed by atoms with van der Waals surface area (Å²) in [5.41, 5.74) is 1.47. The van der Waals surface area contributed by atoms with E-state index in [1.54, 1.807) is 12.1 Å². The van der Waals surface area contributed by atoms with Crippen LogP contribution in [0.2, 0.25) is 0 Å². The molecule has 0 saturated carbocycles. The highest BCUT2D eigenvalue weighted by Crippen LogP contribution is 2.38. The molecule has 26 heavy (non-hydrogen) atoms. The Morgan fingerprint density at radius 3 is 2.46 bits per heavy atom. The van der Waals surface area contributed by atoms with Gasteiger partial charge in [0.15, 0.2) is 22.8 Å². The second kappa shape index (κ2) is 5.98. The molecular formula is C20H16O6. The molecule has 0 radical (unpaired) electrons. The quantitative estimate of drug-likeness (QED) is 0.669. The zero-order valence-corrected chi connectivity index (χ0v) is 13.9. The van der Waals surface area contributed by atoms with Crippen LogP contribution in [0, 0.1) is 0 Å². The van der Waals surface area contributed by atoms with Gasteiger partial charge in [0.2, 0.25) is 11.2 Å². The zero-order chi connectivity index (χ0) is 17.5. The van der Waals surface area contributed by atoms with Crippen LogP contribution in [-0.2, 0) is 0 Å². The summed E-state index contributed by atoms with van der Waals surface area (Å²) in [5, 5.41) is 0.457. The highest BCUT2D eigenvalue weighted by Gasteiger charge is 2.20. The SMILES string of the molecule is O=c1c(-c2ccc3c(c2)OCCCO3)coc2c3c(ccc12)OCCO3. The molecule has 6 nitrogen and oxygen atoms in total. The van der Waals surface area contributed by atoms with Gasteiger partial charge in [-0.25, -0.2) is 0 Å². The van der Waals surface area contributed by atoms with Crippen LogP contribution >= 0.6 is 0 Å². The summed E-state index contributed by atoms with van der Waals surface area (Å²) in [5.74, 6) is 2.41. The van der Waals surface area contributed by atoms with Gasteiger partial charge in [-0.3, -0.25) is 4.79 Å². The van der Waals surface area contributed by atoms with Gasteiger partial charge in [-0.2, -0.15) is 0 Å². The van der Waals surface area contributed by atoms with Crippen molar-refractivity contribution in [3.8, 4) is 34.1 Å². The van der Waals surface area contributed by atoms with E-state index in [0.29, 0.717) is 66.0 Å². The van der Waals surface area contributed by atoms with E-state index in [4.69, 9.17) is 23.4 Å². The molecule has 0 bridgehead atoms. The molecule has 0 saturated heterocycles. The van der Waals surface area contributed by atoms with Crippen molar-refractivity contribution in [2.24, 2.45) is 0 Å². The number of hydrogen-bond donors (Lipinski definition) is 0. The lowest BCUT2D eigenvalue weighted by atomic mass is 10.0. The van der Waals surface area contributed by atoms with Crippen molar-refractivity contribution in [1.29, 1.82) is 0 Å². The molecule has 0 aliphatic carbocycles. The molecule has 0 N–H and O–H groups in total. The molecule has 3 aromatic rings. The Balaban J connectivity index is 1.65. The first-order chi connectivity index (χ1) is 12.8. The standard InChI is InChI=1S/C20H16O6/c21-18-13-3-5-16-20(25-9-8-24-16)19(13)26-11-14(18)12-2-4-15-17(10-12)23-7-1-6-22-15/h2-5,10-11H,1,6-9H2. The fraction of sp³-hybridized carbons (Fsp3) is 0.250. The molecule has 2 aliphatic heterocycles. The fourth-order valence-corrected chi connectivity index (χ4v) is 3.23. The number of ether oxygens (including phenoxy) is 4. The van der Waals surface area contributed by atoms with Crippen molar-refractivity contribution < 1.29 is 23.4 Å². The first-order valence-electron chi connectivity index (χ1n) is 8.55. The van der Waals surface area contributed by atoms with Crippen LogP contribution in [0.15, 0.2) is 45.8 Å². The lowest BCUT2D eigenvalue weighted by molar-refractivity contribution is 0.172. The first kappa shape index (κ1) is 15.1. The zero-order valence-electron chi connectivity index (χ0n) is 13.9. The molecule has 0 amide bonds. The lowest BCUT2D eigenvalue weighted by Crippen LogP contribution is -2.16. The third kappa shape index (κ3) is 2.37. The van der Waals surface area contributed by atoms with Crippen LogP contribution < -0.4 is 24.4 Å². The van der Waals surface area contributed by atoms with Gasteiger partial charge >= 0.3 is 0 Å². The van der Waals surface area contributed by atoms with Gasteiger partial charge in [0.05, 0.1) is 24.2 Å². The molecule has 5 rings (SSSR count). The van der Waals surface area contributed by atoms with Gasteiger partial charge < -0.3 is 23.4 Å². The Morgan fingerprint density at radius 2 is 1.54 bits per heavy atom. The fourth-order valence-electron chi connectivity index (χ4n) is 3.23. The Hall–Kier alpha value is -3.15. The van der Waals surface area contributed by atoms with Gasteiger partial charge in [0.25, 0.3) is 0 Å². The van der Waals surface area contributed by atoms with E-state index in [-0.39, 0.29) is 5.43 Å². The van der Waals surface area contributed by atoms with Crippen molar-refractivity contribution in [2.45, 2.75) is 6.42 Å². The summed E-state index contributed by atoms with van der Waals surface area (Å²) in [6, 6.07) is 8.93. The van der Waals surface area contributed by atoms with E-state index in [1.165, 1.54) is 6.26 Å². The van der Waals surface area contributed by atoms with Gasteiger partial charge in [0.1, 0.15) is 19.5 Å². The van der Waals surface area contributed by atoms with Crippen LogP contribution in [-0.4, -0.2) is 26.4 Å². The summed E-state index contributed by atoms with van der Waals surface area (Å²) in [6.07, 6.45) is 2.29. The van der Waals surface area contributed by atoms with Crippen molar-refractivity contribution >= 4 is 11.0 Å². The van der Waals surface area contributed by atoms with E-state index in [9.17, 15) is 4.79 Å². The highest BCUT2D eigenvalue weighted by atomic mass is 16.6. The Kier molecular flexibility index (Phi) is 3.48. The normalized spacial score (nSPS) is 15.5. The van der Waals surface area contributed by atoms with E-state index >= 15 is 0 Å². The number of rotatable bonds is 1. The van der Waals surface area contributed by atoms with E-state index in [2.05, 4.69) is 0 Å². The highest BCUT2D eigenvalue weighted by molar-refractivity contribution is 5.88. The Bertz CT molecular complexity index is 1050. The van der Waals surface area contributed by atoms with Crippen molar-refractivity contribution in [1.82, 2.24) is 0 Å². The van der Waals surface area contributed by atoms with Crippen LogP contribution in [0.3, 0.4) is 0 Å². The minimum absolute atomic E-state index is 0.127. The summed E-state index contributed by atoms with van der Waals surface area (Å²) >= 11 is 0. The van der Waals surface area contributed by atoms with Crippen LogP contribution in [0.1, 0.15) is 6.42 Å². The summed E-state index contributed by atoms with van der Waals surface area (Å²) in [4.78, 5) is 13.0. The summed E-state index contributed by atoms with van der Waals surface area (Å²) < 4.78 is 28.3. The third-order valence-corrected chi connectivity index (χ3v) is 4.51. The lowest BCUT2D eigenvalue weighted by Gasteiger charge is -2.19. The Labute approximate surface area is 148 Å². The van der Waals surface area contributed by atoms with Gasteiger partial charge in [-0.05, 0) is 29.8 Å². The molecule has 2 aliphatic rings. The second-order valence-corrected chi connectivity index (χ2v) is 6.16. The molecule has 0 fully saturated rings. The minimum Gasteiger partial charge on any atom is -0.490 e. The molecule has 6 heteroatoms. The summed E-state index contributed by atoms with van der Waals surface area (Å²) in [7, 11) is 0. The van der Waals surface area contributed by atoms with Crippen molar-refractivity contribution in [2.75, 3.05) is 26.4 Å². The third-order valence-electron chi connectivity index (χ3n) is 4.51. The van der Waals surface area contributed by atoms with Crippen molar-refractivity contribution in [3.05, 3.63) is 46.8 Å². The Morgan fingerprint density at radius 1 is 0.769 bits per heavy atom.